The summed E-state index contributed by atoms with van der Waals surface area (Å²) in [5.41, 5.74) is 5.37. The summed E-state index contributed by atoms with van der Waals surface area (Å²) in [4.78, 5) is 33.7. The summed E-state index contributed by atoms with van der Waals surface area (Å²) >= 11 is 0. The quantitative estimate of drug-likeness (QED) is 0.0233. The maximum absolute atomic E-state index is 12.7. The van der Waals surface area contributed by atoms with Crippen LogP contribution >= 0.6 is 7.82 Å². The van der Waals surface area contributed by atoms with E-state index in [9.17, 15) is 19.0 Å². The van der Waals surface area contributed by atoms with E-state index < -0.39 is 45.1 Å². The van der Waals surface area contributed by atoms with Gasteiger partial charge in [0.15, 0.2) is 0 Å². The van der Waals surface area contributed by atoms with Crippen LogP contribution in [0.15, 0.2) is 12.2 Å². The van der Waals surface area contributed by atoms with E-state index in [0.717, 1.165) is 44.9 Å². The van der Waals surface area contributed by atoms with Crippen molar-refractivity contribution >= 4 is 19.8 Å². The number of phosphoric ester groups is 1. The second-order valence-corrected chi connectivity index (χ2v) is 19.1. The second-order valence-electron chi connectivity index (χ2n) is 17.7. The molecule has 0 rings (SSSR count). The molecule has 61 heavy (non-hydrogen) atoms. The molecular weight excluding hydrogens is 790 g/mol. The topological polar surface area (TPSA) is 155 Å². The van der Waals surface area contributed by atoms with Gasteiger partial charge in [-0.05, 0) is 38.5 Å². The zero-order chi connectivity index (χ0) is 44.8. The fourth-order valence-corrected chi connectivity index (χ4v) is 8.32. The fourth-order valence-electron chi connectivity index (χ4n) is 7.54. The Morgan fingerprint density at radius 2 is 0.852 bits per heavy atom. The van der Waals surface area contributed by atoms with Gasteiger partial charge in [-0.1, -0.05) is 225 Å². The molecule has 0 aliphatic rings. The van der Waals surface area contributed by atoms with Gasteiger partial charge in [-0.25, -0.2) is 4.57 Å². The van der Waals surface area contributed by atoms with Gasteiger partial charge in [0.25, 0.3) is 0 Å². The molecule has 0 spiro atoms. The van der Waals surface area contributed by atoms with Gasteiger partial charge in [-0.2, -0.15) is 0 Å². The zero-order valence-electron chi connectivity index (χ0n) is 39.8. The first-order valence-electron chi connectivity index (χ1n) is 25.7. The maximum Gasteiger partial charge on any atom is 0.472 e. The zero-order valence-corrected chi connectivity index (χ0v) is 40.7. The van der Waals surface area contributed by atoms with Crippen LogP contribution in [0.1, 0.15) is 258 Å². The number of rotatable bonds is 50. The first kappa shape index (κ1) is 59.7. The number of carbonyl (C=O) groups is 2. The average Bonchev–Trinajstić information content (AvgIpc) is 3.24. The number of carboxylic acid groups (broad SMARTS) is 1. The molecule has 0 aliphatic heterocycles. The van der Waals surface area contributed by atoms with Gasteiger partial charge >= 0.3 is 19.8 Å². The summed E-state index contributed by atoms with van der Waals surface area (Å²) in [5.74, 6) is -1.77. The van der Waals surface area contributed by atoms with E-state index in [1.54, 1.807) is 0 Å². The monoisotopic (exact) mass is 888 g/mol. The second kappa shape index (κ2) is 46.7. The molecule has 0 aromatic heterocycles. The molecule has 0 saturated carbocycles. The minimum absolute atomic E-state index is 0.0188. The van der Waals surface area contributed by atoms with Crippen molar-refractivity contribution < 1.29 is 42.7 Å². The van der Waals surface area contributed by atoms with E-state index in [1.165, 1.54) is 193 Å². The maximum atomic E-state index is 12.7. The van der Waals surface area contributed by atoms with Crippen molar-refractivity contribution in [3.63, 3.8) is 0 Å². The number of ether oxygens (including phenoxy) is 2. The standard InChI is InChI=1S/C50H98NO9P/c1-3-5-7-9-11-13-15-17-19-21-22-23-24-25-26-28-30-32-34-36-38-40-42-49(52)60-47(45-58-61(55,56)59-46-48(51)50(53)54)44-57-43-41-39-37-35-33-31-29-27-20-18-16-14-12-10-8-6-4-2/h20,27,47-48H,3-19,21-26,28-46,51H2,1-2H3,(H,53,54)(H,55,56)/b27-20-. The van der Waals surface area contributed by atoms with Gasteiger partial charge < -0.3 is 25.2 Å². The average molecular weight is 888 g/mol. The summed E-state index contributed by atoms with van der Waals surface area (Å²) < 4.78 is 33.5. The number of unbranched alkanes of at least 4 members (excludes halogenated alkanes) is 34. The van der Waals surface area contributed by atoms with Crippen LogP contribution < -0.4 is 5.73 Å². The molecular formula is C50H98NO9P. The predicted octanol–water partition coefficient (Wildman–Crippen LogP) is 14.9. The molecule has 362 valence electrons. The molecule has 0 aliphatic carbocycles. The van der Waals surface area contributed by atoms with Crippen LogP contribution in [0.25, 0.3) is 0 Å². The van der Waals surface area contributed by atoms with Crippen LogP contribution in [0, 0.1) is 0 Å². The number of aliphatic carboxylic acids is 1. The fraction of sp³-hybridized carbons (Fsp3) is 0.920. The lowest BCUT2D eigenvalue weighted by atomic mass is 10.0. The Kier molecular flexibility index (Phi) is 45.7. The number of carbonyl (C=O) groups excluding carboxylic acids is 1. The molecule has 0 aromatic rings. The lowest BCUT2D eigenvalue weighted by molar-refractivity contribution is -0.154. The van der Waals surface area contributed by atoms with Crippen molar-refractivity contribution in [2.75, 3.05) is 26.4 Å². The number of hydrogen-bond donors (Lipinski definition) is 3. The minimum Gasteiger partial charge on any atom is -0.480 e. The Morgan fingerprint density at radius 1 is 0.508 bits per heavy atom. The van der Waals surface area contributed by atoms with Crippen LogP contribution in [0.4, 0.5) is 0 Å². The summed E-state index contributed by atoms with van der Waals surface area (Å²) in [5, 5.41) is 8.92. The van der Waals surface area contributed by atoms with Crippen molar-refractivity contribution in [1.29, 1.82) is 0 Å². The van der Waals surface area contributed by atoms with E-state index >= 15 is 0 Å². The molecule has 0 saturated heterocycles. The third-order valence-electron chi connectivity index (χ3n) is 11.5. The van der Waals surface area contributed by atoms with E-state index in [2.05, 4.69) is 26.0 Å². The van der Waals surface area contributed by atoms with Crippen LogP contribution in [0.5, 0.6) is 0 Å². The molecule has 11 heteroatoms. The summed E-state index contributed by atoms with van der Waals surface area (Å²) in [6.07, 6.45) is 51.3. The van der Waals surface area contributed by atoms with E-state index in [0.29, 0.717) is 6.61 Å². The summed E-state index contributed by atoms with van der Waals surface area (Å²) in [7, 11) is -4.62. The summed E-state index contributed by atoms with van der Waals surface area (Å²) in [6, 6.07) is -1.47. The third-order valence-corrected chi connectivity index (χ3v) is 12.5. The smallest absolute Gasteiger partial charge is 0.472 e. The molecule has 3 atom stereocenters. The van der Waals surface area contributed by atoms with Gasteiger partial charge in [-0.3, -0.25) is 18.6 Å². The Bertz CT molecular complexity index is 1030. The molecule has 3 unspecified atom stereocenters. The van der Waals surface area contributed by atoms with E-state index in [1.807, 2.05) is 0 Å². The van der Waals surface area contributed by atoms with Gasteiger partial charge in [0.1, 0.15) is 12.1 Å². The number of carboxylic acids is 1. The van der Waals surface area contributed by atoms with Crippen molar-refractivity contribution in [2.24, 2.45) is 5.73 Å². The van der Waals surface area contributed by atoms with E-state index in [4.69, 9.17) is 29.4 Å². The molecule has 0 fully saturated rings. The van der Waals surface area contributed by atoms with Crippen molar-refractivity contribution in [3.8, 4) is 0 Å². The minimum atomic E-state index is -4.62. The summed E-state index contributed by atoms with van der Waals surface area (Å²) in [6.45, 7) is 3.92. The SMILES string of the molecule is CCCCCCCCC/C=C\CCCCCCCCOCC(COP(=O)(O)OCC(N)C(=O)O)OC(=O)CCCCCCCCCCCCCCCCCCCCCCCC. The molecule has 0 heterocycles. The Balaban J connectivity index is 4.09. The number of nitrogens with two attached hydrogens (primary N) is 1. The van der Waals surface area contributed by atoms with Crippen molar-refractivity contribution in [3.05, 3.63) is 12.2 Å². The highest BCUT2D eigenvalue weighted by Gasteiger charge is 2.27. The lowest BCUT2D eigenvalue weighted by Gasteiger charge is -2.20. The highest BCUT2D eigenvalue weighted by Crippen LogP contribution is 2.43. The largest absolute Gasteiger partial charge is 0.480 e. The van der Waals surface area contributed by atoms with Crippen LogP contribution in [0.3, 0.4) is 0 Å². The van der Waals surface area contributed by atoms with E-state index in [-0.39, 0.29) is 13.0 Å². The first-order chi connectivity index (χ1) is 29.7. The normalized spacial score (nSPS) is 13.8. The van der Waals surface area contributed by atoms with Gasteiger partial charge in [0, 0.05) is 13.0 Å². The third kappa shape index (κ3) is 46.5. The van der Waals surface area contributed by atoms with Gasteiger partial charge in [-0.15, -0.1) is 0 Å². The van der Waals surface area contributed by atoms with Crippen molar-refractivity contribution in [2.45, 2.75) is 270 Å². The molecule has 0 aromatic carbocycles. The van der Waals surface area contributed by atoms with Crippen molar-refractivity contribution in [1.82, 2.24) is 0 Å². The highest BCUT2D eigenvalue weighted by atomic mass is 31.2. The van der Waals surface area contributed by atoms with Crippen LogP contribution in [0.2, 0.25) is 0 Å². The Hall–Kier alpha value is -1.29. The van der Waals surface area contributed by atoms with Crippen LogP contribution in [-0.4, -0.2) is 60.5 Å². The predicted molar refractivity (Wildman–Crippen MR) is 254 cm³/mol. The molecule has 4 N–H and O–H groups in total. The van der Waals surface area contributed by atoms with Gasteiger partial charge in [0.05, 0.1) is 19.8 Å². The number of phosphoric acid groups is 1. The first-order valence-corrected chi connectivity index (χ1v) is 27.2. The van der Waals surface area contributed by atoms with Gasteiger partial charge in [0.2, 0.25) is 0 Å². The molecule has 0 radical (unpaired) electrons. The molecule has 0 bridgehead atoms. The van der Waals surface area contributed by atoms with Crippen LogP contribution in [-0.2, 0) is 32.7 Å². The molecule has 0 amide bonds. The number of hydrogen-bond acceptors (Lipinski definition) is 8. The Morgan fingerprint density at radius 3 is 1.25 bits per heavy atom. The molecule has 10 nitrogen and oxygen atoms in total. The number of esters is 1. The number of allylic oxidation sites excluding steroid dienone is 2. The Labute approximate surface area is 375 Å². The highest BCUT2D eigenvalue weighted by molar-refractivity contribution is 7.47. The lowest BCUT2D eigenvalue weighted by Crippen LogP contribution is -2.34.